The molecule has 0 unspecified atom stereocenters. The van der Waals surface area contributed by atoms with Gasteiger partial charge >= 0.3 is 0 Å². The van der Waals surface area contributed by atoms with Crippen molar-refractivity contribution in [2.45, 2.75) is 13.0 Å². The number of hydrogen-bond acceptors (Lipinski definition) is 4. The van der Waals surface area contributed by atoms with E-state index in [0.717, 1.165) is 48.4 Å². The lowest BCUT2D eigenvalue weighted by Crippen LogP contribution is -2.35. The van der Waals surface area contributed by atoms with Crippen molar-refractivity contribution in [3.63, 3.8) is 0 Å². The van der Waals surface area contributed by atoms with Gasteiger partial charge in [-0.15, -0.1) is 0 Å². The summed E-state index contributed by atoms with van der Waals surface area (Å²) in [5.74, 6) is 1.94. The van der Waals surface area contributed by atoms with Gasteiger partial charge in [0.25, 0.3) is 0 Å². The average Bonchev–Trinajstić information content (AvgIpc) is 2.94. The molecule has 4 nitrogen and oxygen atoms in total. The normalized spacial score (nSPS) is 17.4. The number of likely N-dealkylation sites (N-methyl/N-ethyl adjacent to an activating group) is 1. The van der Waals surface area contributed by atoms with Gasteiger partial charge < -0.3 is 15.0 Å². The maximum Gasteiger partial charge on any atom is 0.194 e. The van der Waals surface area contributed by atoms with Crippen molar-refractivity contribution in [1.82, 2.24) is 10.2 Å². The van der Waals surface area contributed by atoms with Gasteiger partial charge in [-0.2, -0.15) is 0 Å². The summed E-state index contributed by atoms with van der Waals surface area (Å²) in [5, 5.41) is 4.12. The van der Waals surface area contributed by atoms with E-state index in [0.29, 0.717) is 6.54 Å². The molecule has 0 atom stereocenters. The maximum atomic E-state index is 6.13. The summed E-state index contributed by atoms with van der Waals surface area (Å²) >= 11 is 6.13. The first-order chi connectivity index (χ1) is 8.74. The highest BCUT2D eigenvalue weighted by molar-refractivity contribution is 6.30. The van der Waals surface area contributed by atoms with E-state index in [9.17, 15) is 0 Å². The summed E-state index contributed by atoms with van der Waals surface area (Å²) in [4.78, 5) is 6.52. The van der Waals surface area contributed by atoms with E-state index in [2.05, 4.69) is 15.2 Å². The van der Waals surface area contributed by atoms with Crippen molar-refractivity contribution in [1.29, 1.82) is 0 Å². The molecule has 0 radical (unpaired) electrons. The molecule has 1 aromatic rings. The Labute approximate surface area is 112 Å². The van der Waals surface area contributed by atoms with Gasteiger partial charge in [-0.25, -0.2) is 0 Å². The molecule has 2 aliphatic heterocycles. The van der Waals surface area contributed by atoms with Crippen molar-refractivity contribution in [3.05, 3.63) is 28.3 Å². The van der Waals surface area contributed by atoms with Crippen molar-refractivity contribution in [3.8, 4) is 5.75 Å². The smallest absolute Gasteiger partial charge is 0.194 e. The molecule has 0 amide bonds. The van der Waals surface area contributed by atoms with Gasteiger partial charge in [0.1, 0.15) is 5.75 Å². The summed E-state index contributed by atoms with van der Waals surface area (Å²) in [5.41, 5.74) is 2.32. The molecule has 0 fully saturated rings. The highest BCUT2D eigenvalue weighted by Crippen LogP contribution is 2.32. The van der Waals surface area contributed by atoms with Gasteiger partial charge in [-0.1, -0.05) is 11.6 Å². The molecule has 3 rings (SSSR count). The fourth-order valence-corrected chi connectivity index (χ4v) is 2.64. The zero-order chi connectivity index (χ0) is 12.5. The topological polar surface area (TPSA) is 36.9 Å². The Morgan fingerprint density at radius 1 is 1.50 bits per heavy atom. The van der Waals surface area contributed by atoms with Crippen LogP contribution < -0.4 is 10.1 Å². The Kier molecular flexibility index (Phi) is 3.04. The Bertz CT molecular complexity index is 501. The van der Waals surface area contributed by atoms with Gasteiger partial charge in [0.2, 0.25) is 0 Å². The number of guanidine groups is 1. The van der Waals surface area contributed by atoms with Crippen LogP contribution in [0, 0.1) is 0 Å². The maximum absolute atomic E-state index is 6.13. The molecule has 0 saturated heterocycles. The van der Waals surface area contributed by atoms with E-state index in [1.54, 1.807) is 0 Å². The number of aliphatic imine (C=N–C) groups is 1. The van der Waals surface area contributed by atoms with Gasteiger partial charge in [-0.05, 0) is 17.7 Å². The molecule has 0 aromatic heterocycles. The van der Waals surface area contributed by atoms with Crippen LogP contribution in [-0.2, 0) is 13.0 Å². The molecular formula is C13H16ClN3O. The molecule has 0 saturated carbocycles. The van der Waals surface area contributed by atoms with E-state index in [4.69, 9.17) is 16.3 Å². The monoisotopic (exact) mass is 265 g/mol. The van der Waals surface area contributed by atoms with Crippen LogP contribution in [0.2, 0.25) is 5.02 Å². The van der Waals surface area contributed by atoms with Crippen molar-refractivity contribution >= 4 is 17.6 Å². The van der Waals surface area contributed by atoms with Gasteiger partial charge in [0.15, 0.2) is 5.96 Å². The van der Waals surface area contributed by atoms with E-state index in [-0.39, 0.29) is 0 Å². The number of ether oxygens (including phenoxy) is 1. The molecule has 18 heavy (non-hydrogen) atoms. The quantitative estimate of drug-likeness (QED) is 0.884. The number of benzene rings is 1. The summed E-state index contributed by atoms with van der Waals surface area (Å²) in [7, 11) is 2.04. The lowest BCUT2D eigenvalue weighted by Gasteiger charge is -2.16. The largest absolute Gasteiger partial charge is 0.493 e. The number of nitrogens with one attached hydrogen (secondary N) is 1. The Morgan fingerprint density at radius 3 is 3.17 bits per heavy atom. The SMILES string of the molecule is CN1CCN=C1NCc1cc(Cl)cc2c1OCC2. The van der Waals surface area contributed by atoms with Gasteiger partial charge in [0, 0.05) is 37.1 Å². The molecule has 96 valence electrons. The first-order valence-corrected chi connectivity index (χ1v) is 6.55. The summed E-state index contributed by atoms with van der Waals surface area (Å²) in [6.07, 6.45) is 0.948. The molecular weight excluding hydrogens is 250 g/mol. The molecule has 0 spiro atoms. The van der Waals surface area contributed by atoms with Crippen LogP contribution in [0.4, 0.5) is 0 Å². The molecule has 2 heterocycles. The van der Waals surface area contributed by atoms with Crippen molar-refractivity contribution in [2.75, 3.05) is 26.7 Å². The standard InChI is InChI=1S/C13H16ClN3O/c1-17-4-3-15-13(17)16-8-10-7-11(14)6-9-2-5-18-12(9)10/h6-7H,2-5,8H2,1H3,(H,15,16). The van der Waals surface area contributed by atoms with Crippen molar-refractivity contribution < 1.29 is 4.74 Å². The summed E-state index contributed by atoms with van der Waals surface area (Å²) in [6.45, 7) is 3.30. The predicted octanol–water partition coefficient (Wildman–Crippen LogP) is 1.67. The first-order valence-electron chi connectivity index (χ1n) is 6.17. The lowest BCUT2D eigenvalue weighted by atomic mass is 10.1. The Balaban J connectivity index is 1.77. The van der Waals surface area contributed by atoms with E-state index in [1.807, 2.05) is 19.2 Å². The highest BCUT2D eigenvalue weighted by atomic mass is 35.5. The van der Waals surface area contributed by atoms with Gasteiger partial charge in [-0.3, -0.25) is 4.99 Å². The second-order valence-electron chi connectivity index (χ2n) is 4.63. The first kappa shape index (κ1) is 11.7. The minimum absolute atomic E-state index is 0.700. The third-order valence-corrected chi connectivity index (χ3v) is 3.54. The van der Waals surface area contributed by atoms with Crippen LogP contribution in [0.5, 0.6) is 5.75 Å². The molecule has 1 N–H and O–H groups in total. The van der Waals surface area contributed by atoms with Crippen LogP contribution >= 0.6 is 11.6 Å². The summed E-state index contributed by atoms with van der Waals surface area (Å²) in [6, 6.07) is 3.96. The molecule has 2 aliphatic rings. The van der Waals surface area contributed by atoms with Crippen LogP contribution in [0.3, 0.4) is 0 Å². The molecule has 5 heteroatoms. The number of nitrogens with zero attached hydrogens (tertiary/aromatic N) is 2. The van der Waals surface area contributed by atoms with E-state index < -0.39 is 0 Å². The molecule has 0 aliphatic carbocycles. The molecule has 0 bridgehead atoms. The lowest BCUT2D eigenvalue weighted by molar-refractivity contribution is 0.353. The molecule has 1 aromatic carbocycles. The fourth-order valence-electron chi connectivity index (χ4n) is 2.37. The second kappa shape index (κ2) is 4.69. The van der Waals surface area contributed by atoms with Crippen LogP contribution in [-0.4, -0.2) is 37.6 Å². The second-order valence-corrected chi connectivity index (χ2v) is 5.07. The number of hydrogen-bond donors (Lipinski definition) is 1. The summed E-state index contributed by atoms with van der Waals surface area (Å²) < 4.78 is 5.67. The number of rotatable bonds is 2. The minimum Gasteiger partial charge on any atom is -0.493 e. The zero-order valence-electron chi connectivity index (χ0n) is 10.4. The average molecular weight is 266 g/mol. The number of fused-ring (bicyclic) bond motifs is 1. The third-order valence-electron chi connectivity index (χ3n) is 3.32. The number of halogens is 1. The Morgan fingerprint density at radius 2 is 2.39 bits per heavy atom. The van der Waals surface area contributed by atoms with Crippen LogP contribution in [0.25, 0.3) is 0 Å². The predicted molar refractivity (Wildman–Crippen MR) is 72.4 cm³/mol. The zero-order valence-corrected chi connectivity index (χ0v) is 11.1. The van der Waals surface area contributed by atoms with E-state index >= 15 is 0 Å². The van der Waals surface area contributed by atoms with Crippen molar-refractivity contribution in [2.24, 2.45) is 4.99 Å². The van der Waals surface area contributed by atoms with Crippen LogP contribution in [0.1, 0.15) is 11.1 Å². The minimum atomic E-state index is 0.700. The van der Waals surface area contributed by atoms with E-state index in [1.165, 1.54) is 5.56 Å². The third kappa shape index (κ3) is 2.12. The van der Waals surface area contributed by atoms with Gasteiger partial charge in [0.05, 0.1) is 13.2 Å². The fraction of sp³-hybridized carbons (Fsp3) is 0.462. The highest BCUT2D eigenvalue weighted by Gasteiger charge is 2.18. The van der Waals surface area contributed by atoms with Crippen LogP contribution in [0.15, 0.2) is 17.1 Å². The Hall–Kier alpha value is -1.42.